The maximum absolute atomic E-state index is 12.6. The van der Waals surface area contributed by atoms with Gasteiger partial charge in [0.15, 0.2) is 11.0 Å². The van der Waals surface area contributed by atoms with E-state index >= 15 is 0 Å². The normalized spacial score (nSPS) is 10.7. The third-order valence-corrected chi connectivity index (χ3v) is 6.59. The molecule has 0 radical (unpaired) electrons. The summed E-state index contributed by atoms with van der Waals surface area (Å²) in [7, 11) is 1.63. The molecule has 1 amide bonds. The van der Waals surface area contributed by atoms with Crippen LogP contribution in [0.2, 0.25) is 0 Å². The third kappa shape index (κ3) is 5.03. The fourth-order valence-corrected chi connectivity index (χ4v) is 4.15. The number of thioether (sulfide) groups is 1. The van der Waals surface area contributed by atoms with Crippen molar-refractivity contribution < 1.29 is 9.53 Å². The highest BCUT2D eigenvalue weighted by atomic mass is 79.9. The van der Waals surface area contributed by atoms with Crippen molar-refractivity contribution in [3.05, 3.63) is 82.8 Å². The Morgan fingerprint density at radius 1 is 1.06 bits per heavy atom. The molecule has 162 valence electrons. The highest BCUT2D eigenvalue weighted by Crippen LogP contribution is 2.29. The number of hydrogen-bond donors (Lipinski definition) is 1. The average Bonchev–Trinajstić information content (AvgIpc) is 3.25. The predicted molar refractivity (Wildman–Crippen MR) is 132 cm³/mol. The third-order valence-electron chi connectivity index (χ3n) is 4.77. The van der Waals surface area contributed by atoms with Crippen molar-refractivity contribution in [1.29, 1.82) is 0 Å². The summed E-state index contributed by atoms with van der Waals surface area (Å²) in [4.78, 5) is 12.6. The second kappa shape index (κ2) is 10.0. The van der Waals surface area contributed by atoms with Gasteiger partial charge in [-0.05, 0) is 55.0 Å². The lowest BCUT2D eigenvalue weighted by molar-refractivity contribution is -0.113. The van der Waals surface area contributed by atoms with Crippen LogP contribution in [0.25, 0.3) is 17.1 Å². The van der Waals surface area contributed by atoms with Gasteiger partial charge in [0, 0.05) is 21.4 Å². The summed E-state index contributed by atoms with van der Waals surface area (Å²) in [6, 6.07) is 23.3. The molecule has 0 bridgehead atoms. The van der Waals surface area contributed by atoms with E-state index in [4.69, 9.17) is 4.74 Å². The first-order valence-electron chi connectivity index (χ1n) is 9.89. The maximum atomic E-state index is 12.6. The van der Waals surface area contributed by atoms with Crippen molar-refractivity contribution in [3.63, 3.8) is 0 Å². The zero-order valence-electron chi connectivity index (χ0n) is 17.6. The number of methoxy groups -OCH3 is 1. The molecule has 0 spiro atoms. The molecule has 0 aliphatic heterocycles. The van der Waals surface area contributed by atoms with E-state index in [1.807, 2.05) is 84.3 Å². The molecule has 8 heteroatoms. The van der Waals surface area contributed by atoms with Gasteiger partial charge < -0.3 is 10.1 Å². The molecule has 0 aliphatic carbocycles. The highest BCUT2D eigenvalue weighted by Gasteiger charge is 2.17. The summed E-state index contributed by atoms with van der Waals surface area (Å²) in [5.74, 6) is 1.57. The number of anilines is 1. The standard InChI is InChI=1S/C24H21BrN4O2S/c1-16-14-18(8-13-21(16)25)26-22(30)15-32-24-28-27-23(17-6-4-3-5-7-17)29(24)19-9-11-20(31-2)12-10-19/h3-14H,15H2,1-2H3,(H,26,30). The predicted octanol–water partition coefficient (Wildman–Crippen LogP) is 5.74. The van der Waals surface area contributed by atoms with Crippen LogP contribution >= 0.6 is 27.7 Å². The molecule has 1 N–H and O–H groups in total. The Labute approximate surface area is 199 Å². The van der Waals surface area contributed by atoms with Gasteiger partial charge in [0.05, 0.1) is 12.9 Å². The molecule has 4 aromatic rings. The molecule has 1 aromatic heterocycles. The number of aromatic nitrogens is 3. The maximum Gasteiger partial charge on any atom is 0.234 e. The minimum atomic E-state index is -0.109. The molecule has 3 aromatic carbocycles. The van der Waals surface area contributed by atoms with Gasteiger partial charge >= 0.3 is 0 Å². The SMILES string of the molecule is COc1ccc(-n2c(SCC(=O)Nc3ccc(Br)c(C)c3)nnc2-c2ccccc2)cc1. The van der Waals surface area contributed by atoms with Crippen molar-refractivity contribution in [3.8, 4) is 22.8 Å². The number of hydrogen-bond acceptors (Lipinski definition) is 5. The Morgan fingerprint density at radius 3 is 2.50 bits per heavy atom. The van der Waals surface area contributed by atoms with Gasteiger partial charge in [-0.3, -0.25) is 9.36 Å². The van der Waals surface area contributed by atoms with Crippen LogP contribution in [0.1, 0.15) is 5.56 Å². The van der Waals surface area contributed by atoms with Crippen molar-refractivity contribution in [2.45, 2.75) is 12.1 Å². The highest BCUT2D eigenvalue weighted by molar-refractivity contribution is 9.10. The largest absolute Gasteiger partial charge is 0.497 e. The van der Waals surface area contributed by atoms with Crippen LogP contribution in [0.5, 0.6) is 5.75 Å². The van der Waals surface area contributed by atoms with E-state index in [1.165, 1.54) is 11.8 Å². The summed E-state index contributed by atoms with van der Waals surface area (Å²) >= 11 is 4.81. The van der Waals surface area contributed by atoms with Crippen molar-refractivity contribution in [1.82, 2.24) is 14.8 Å². The zero-order chi connectivity index (χ0) is 22.5. The zero-order valence-corrected chi connectivity index (χ0v) is 20.0. The molecule has 1 heterocycles. The number of halogens is 1. The van der Waals surface area contributed by atoms with Crippen LogP contribution in [0.3, 0.4) is 0 Å². The number of benzene rings is 3. The Morgan fingerprint density at radius 2 is 1.81 bits per heavy atom. The number of aryl methyl sites for hydroxylation is 1. The van der Waals surface area contributed by atoms with Gasteiger partial charge in [-0.2, -0.15) is 0 Å². The number of nitrogens with one attached hydrogen (secondary N) is 1. The topological polar surface area (TPSA) is 69.0 Å². The molecular weight excluding hydrogens is 488 g/mol. The second-order valence-electron chi connectivity index (χ2n) is 7.01. The number of carbonyl (C=O) groups excluding carboxylic acids is 1. The molecule has 0 fully saturated rings. The fraction of sp³-hybridized carbons (Fsp3) is 0.125. The van der Waals surface area contributed by atoms with Crippen LogP contribution in [0, 0.1) is 6.92 Å². The fourth-order valence-electron chi connectivity index (χ4n) is 3.15. The molecule has 0 atom stereocenters. The van der Waals surface area contributed by atoms with E-state index in [2.05, 4.69) is 31.4 Å². The Kier molecular flexibility index (Phi) is 6.92. The van der Waals surface area contributed by atoms with E-state index in [9.17, 15) is 4.79 Å². The minimum absolute atomic E-state index is 0.109. The van der Waals surface area contributed by atoms with Gasteiger partial charge in [-0.1, -0.05) is 58.0 Å². The van der Waals surface area contributed by atoms with Crippen molar-refractivity contribution >= 4 is 39.3 Å². The summed E-state index contributed by atoms with van der Waals surface area (Å²) in [5.41, 5.74) is 3.65. The molecule has 4 rings (SSSR count). The van der Waals surface area contributed by atoms with Crippen LogP contribution in [-0.2, 0) is 4.79 Å². The molecule has 0 saturated heterocycles. The van der Waals surface area contributed by atoms with E-state index in [1.54, 1.807) is 7.11 Å². The van der Waals surface area contributed by atoms with Gasteiger partial charge in [-0.15, -0.1) is 10.2 Å². The number of nitrogens with zero attached hydrogens (tertiary/aromatic N) is 3. The first kappa shape index (κ1) is 22.1. The first-order chi connectivity index (χ1) is 15.5. The molecule has 0 saturated carbocycles. The van der Waals surface area contributed by atoms with Crippen LogP contribution < -0.4 is 10.1 Å². The Hall–Kier alpha value is -3.10. The molecule has 32 heavy (non-hydrogen) atoms. The Balaban J connectivity index is 1.58. The quantitative estimate of drug-likeness (QED) is 0.322. The monoisotopic (exact) mass is 508 g/mol. The summed E-state index contributed by atoms with van der Waals surface area (Å²) < 4.78 is 8.24. The second-order valence-corrected chi connectivity index (χ2v) is 8.80. The van der Waals surface area contributed by atoms with Crippen LogP contribution in [-0.4, -0.2) is 33.5 Å². The summed E-state index contributed by atoms with van der Waals surface area (Å²) in [6.07, 6.45) is 0. The lowest BCUT2D eigenvalue weighted by atomic mass is 10.2. The van der Waals surface area contributed by atoms with E-state index < -0.39 is 0 Å². The molecular formula is C24H21BrN4O2S. The van der Waals surface area contributed by atoms with Gasteiger partial charge in [0.2, 0.25) is 5.91 Å². The Bertz CT molecular complexity index is 1230. The molecule has 6 nitrogen and oxygen atoms in total. The van der Waals surface area contributed by atoms with E-state index in [0.29, 0.717) is 11.0 Å². The van der Waals surface area contributed by atoms with Gasteiger partial charge in [0.1, 0.15) is 5.75 Å². The van der Waals surface area contributed by atoms with Crippen LogP contribution in [0.15, 0.2) is 82.4 Å². The molecule has 0 unspecified atom stereocenters. The smallest absolute Gasteiger partial charge is 0.234 e. The summed E-state index contributed by atoms with van der Waals surface area (Å²) in [6.45, 7) is 1.98. The van der Waals surface area contributed by atoms with Gasteiger partial charge in [-0.25, -0.2) is 0 Å². The molecule has 0 aliphatic rings. The van der Waals surface area contributed by atoms with E-state index in [-0.39, 0.29) is 11.7 Å². The number of amides is 1. The average molecular weight is 509 g/mol. The van der Waals surface area contributed by atoms with Crippen molar-refractivity contribution in [2.75, 3.05) is 18.2 Å². The number of ether oxygens (including phenoxy) is 1. The minimum Gasteiger partial charge on any atom is -0.497 e. The first-order valence-corrected chi connectivity index (χ1v) is 11.7. The lowest BCUT2D eigenvalue weighted by Crippen LogP contribution is -2.14. The number of carbonyl (C=O) groups is 1. The van der Waals surface area contributed by atoms with E-state index in [0.717, 1.165) is 32.7 Å². The van der Waals surface area contributed by atoms with Crippen molar-refractivity contribution in [2.24, 2.45) is 0 Å². The number of rotatable bonds is 7. The van der Waals surface area contributed by atoms with Gasteiger partial charge in [0.25, 0.3) is 0 Å². The van der Waals surface area contributed by atoms with Crippen LogP contribution in [0.4, 0.5) is 5.69 Å². The summed E-state index contributed by atoms with van der Waals surface area (Å²) in [5, 5.41) is 12.4. The lowest BCUT2D eigenvalue weighted by Gasteiger charge is -2.11.